The van der Waals surface area contributed by atoms with E-state index in [9.17, 15) is 9.59 Å². The van der Waals surface area contributed by atoms with Gasteiger partial charge in [-0.3, -0.25) is 9.59 Å². The Balaban J connectivity index is 2.53. The second-order valence-corrected chi connectivity index (χ2v) is 4.13. The number of hydrogen-bond donors (Lipinski definition) is 3. The Morgan fingerprint density at radius 2 is 2.10 bits per heavy atom. The van der Waals surface area contributed by atoms with Crippen molar-refractivity contribution in [3.8, 4) is 6.07 Å². The van der Waals surface area contributed by atoms with Crippen LogP contribution < -0.4 is 16.0 Å². The topological polar surface area (TPSA) is 94.0 Å². The standard InChI is InChI=1S/C14H18N4O2/c1-2-7-17-14(20)11-4-3-5-12(9-11)18-10-13(19)16-8-6-15/h3-5,9,18H,2,7-8,10H2,1H3,(H,16,19)(H,17,20). The van der Waals surface area contributed by atoms with Gasteiger partial charge in [0.15, 0.2) is 0 Å². The first-order chi connectivity index (χ1) is 9.67. The molecule has 0 bridgehead atoms. The maximum atomic E-state index is 11.8. The summed E-state index contributed by atoms with van der Waals surface area (Å²) in [5.41, 5.74) is 1.22. The number of anilines is 1. The van der Waals surface area contributed by atoms with Gasteiger partial charge in [-0.05, 0) is 24.6 Å². The van der Waals surface area contributed by atoms with Crippen LogP contribution in [0.5, 0.6) is 0 Å². The Kier molecular flexibility index (Phi) is 6.62. The minimum atomic E-state index is -0.271. The number of amides is 2. The number of hydrogen-bond acceptors (Lipinski definition) is 4. The molecule has 0 saturated heterocycles. The molecule has 106 valence electrons. The summed E-state index contributed by atoms with van der Waals surface area (Å²) in [6.45, 7) is 2.66. The first kappa shape index (κ1) is 15.5. The molecule has 0 unspecified atom stereocenters. The van der Waals surface area contributed by atoms with Crippen molar-refractivity contribution < 1.29 is 9.59 Å². The summed E-state index contributed by atoms with van der Waals surface area (Å²) in [7, 11) is 0. The van der Waals surface area contributed by atoms with Crippen LogP contribution in [0, 0.1) is 11.3 Å². The average Bonchev–Trinajstić information content (AvgIpc) is 2.48. The monoisotopic (exact) mass is 274 g/mol. The predicted molar refractivity (Wildman–Crippen MR) is 76.2 cm³/mol. The Bertz CT molecular complexity index is 508. The molecule has 0 aromatic heterocycles. The number of nitrogens with zero attached hydrogens (tertiary/aromatic N) is 1. The van der Waals surface area contributed by atoms with Gasteiger partial charge in [0.05, 0.1) is 12.6 Å². The fourth-order valence-corrected chi connectivity index (χ4v) is 1.49. The number of nitriles is 1. The van der Waals surface area contributed by atoms with E-state index >= 15 is 0 Å². The highest BCUT2D eigenvalue weighted by Crippen LogP contribution is 2.10. The van der Waals surface area contributed by atoms with E-state index in [2.05, 4.69) is 16.0 Å². The zero-order valence-corrected chi connectivity index (χ0v) is 11.4. The predicted octanol–water partition coefficient (Wildman–Crippen LogP) is 0.878. The first-order valence-electron chi connectivity index (χ1n) is 6.43. The van der Waals surface area contributed by atoms with Crippen LogP contribution >= 0.6 is 0 Å². The molecule has 0 atom stereocenters. The molecule has 6 nitrogen and oxygen atoms in total. The maximum absolute atomic E-state index is 11.8. The molecule has 1 rings (SSSR count). The molecule has 0 fully saturated rings. The average molecular weight is 274 g/mol. The van der Waals surface area contributed by atoms with Crippen LogP contribution in [0.3, 0.4) is 0 Å². The highest BCUT2D eigenvalue weighted by Gasteiger charge is 2.06. The van der Waals surface area contributed by atoms with Crippen LogP contribution in [0.15, 0.2) is 24.3 Å². The van der Waals surface area contributed by atoms with E-state index < -0.39 is 0 Å². The normalized spacial score (nSPS) is 9.40. The number of carbonyl (C=O) groups excluding carboxylic acids is 2. The Labute approximate surface area is 118 Å². The number of nitrogens with one attached hydrogen (secondary N) is 3. The summed E-state index contributed by atoms with van der Waals surface area (Å²) in [6.07, 6.45) is 0.878. The molecule has 6 heteroatoms. The fourth-order valence-electron chi connectivity index (χ4n) is 1.49. The molecule has 0 aliphatic heterocycles. The van der Waals surface area contributed by atoms with E-state index in [1.54, 1.807) is 24.3 Å². The summed E-state index contributed by atoms with van der Waals surface area (Å²) in [5, 5.41) is 16.5. The number of benzene rings is 1. The van der Waals surface area contributed by atoms with Gasteiger partial charge >= 0.3 is 0 Å². The van der Waals surface area contributed by atoms with Crippen LogP contribution in [0.1, 0.15) is 23.7 Å². The lowest BCUT2D eigenvalue weighted by Crippen LogP contribution is -2.30. The smallest absolute Gasteiger partial charge is 0.251 e. The van der Waals surface area contributed by atoms with E-state index in [1.165, 1.54) is 0 Å². The van der Waals surface area contributed by atoms with Gasteiger partial charge in [0.1, 0.15) is 6.54 Å². The summed E-state index contributed by atoms with van der Waals surface area (Å²) in [5.74, 6) is -0.406. The lowest BCUT2D eigenvalue weighted by Gasteiger charge is -2.08. The van der Waals surface area contributed by atoms with Crippen molar-refractivity contribution in [3.63, 3.8) is 0 Å². The van der Waals surface area contributed by atoms with Crippen molar-refractivity contribution in [1.82, 2.24) is 10.6 Å². The molecule has 0 heterocycles. The summed E-state index contributed by atoms with van der Waals surface area (Å²) in [4.78, 5) is 23.1. The van der Waals surface area contributed by atoms with Crippen LogP contribution in [0.2, 0.25) is 0 Å². The number of carbonyl (C=O) groups is 2. The van der Waals surface area contributed by atoms with Crippen molar-refractivity contribution >= 4 is 17.5 Å². The molecule has 3 N–H and O–H groups in total. The molecule has 0 spiro atoms. The second-order valence-electron chi connectivity index (χ2n) is 4.13. The van der Waals surface area contributed by atoms with Gasteiger partial charge in [-0.1, -0.05) is 13.0 Å². The Hall–Kier alpha value is -2.55. The van der Waals surface area contributed by atoms with Gasteiger partial charge in [-0.15, -0.1) is 0 Å². The number of rotatable bonds is 7. The largest absolute Gasteiger partial charge is 0.376 e. The third-order valence-corrected chi connectivity index (χ3v) is 2.48. The fraction of sp³-hybridized carbons (Fsp3) is 0.357. The SMILES string of the molecule is CCCNC(=O)c1cccc(NCC(=O)NCC#N)c1. The van der Waals surface area contributed by atoms with Crippen molar-refractivity contribution in [2.24, 2.45) is 0 Å². The van der Waals surface area contributed by atoms with E-state index in [0.29, 0.717) is 17.8 Å². The van der Waals surface area contributed by atoms with Crippen LogP contribution in [0.25, 0.3) is 0 Å². The van der Waals surface area contributed by atoms with E-state index in [-0.39, 0.29) is 24.9 Å². The molecular formula is C14H18N4O2. The van der Waals surface area contributed by atoms with Gasteiger partial charge in [0, 0.05) is 17.8 Å². The molecule has 1 aromatic rings. The van der Waals surface area contributed by atoms with E-state index in [0.717, 1.165) is 6.42 Å². The molecule has 0 aliphatic carbocycles. The molecule has 0 saturated carbocycles. The van der Waals surface area contributed by atoms with Crippen molar-refractivity contribution in [3.05, 3.63) is 29.8 Å². The minimum absolute atomic E-state index is 0.0139. The maximum Gasteiger partial charge on any atom is 0.251 e. The molecule has 20 heavy (non-hydrogen) atoms. The third kappa shape index (κ3) is 5.40. The molecule has 0 radical (unpaired) electrons. The molecule has 0 aliphatic rings. The zero-order valence-electron chi connectivity index (χ0n) is 11.4. The molecular weight excluding hydrogens is 256 g/mol. The van der Waals surface area contributed by atoms with Gasteiger partial charge in [-0.2, -0.15) is 5.26 Å². The van der Waals surface area contributed by atoms with E-state index in [4.69, 9.17) is 5.26 Å². The lowest BCUT2D eigenvalue weighted by molar-refractivity contribution is -0.119. The zero-order chi connectivity index (χ0) is 14.8. The Morgan fingerprint density at radius 1 is 1.30 bits per heavy atom. The van der Waals surface area contributed by atoms with Gasteiger partial charge in [0.25, 0.3) is 5.91 Å². The van der Waals surface area contributed by atoms with Gasteiger partial charge < -0.3 is 16.0 Å². The van der Waals surface area contributed by atoms with Crippen molar-refractivity contribution in [1.29, 1.82) is 5.26 Å². The highest BCUT2D eigenvalue weighted by molar-refractivity contribution is 5.95. The van der Waals surface area contributed by atoms with Gasteiger partial charge in [-0.25, -0.2) is 0 Å². The third-order valence-electron chi connectivity index (χ3n) is 2.48. The second kappa shape index (κ2) is 8.53. The Morgan fingerprint density at radius 3 is 2.80 bits per heavy atom. The first-order valence-corrected chi connectivity index (χ1v) is 6.43. The van der Waals surface area contributed by atoms with Crippen molar-refractivity contribution in [2.45, 2.75) is 13.3 Å². The summed E-state index contributed by atoms with van der Waals surface area (Å²) >= 11 is 0. The van der Waals surface area contributed by atoms with Gasteiger partial charge in [0.2, 0.25) is 5.91 Å². The lowest BCUT2D eigenvalue weighted by atomic mass is 10.2. The van der Waals surface area contributed by atoms with Crippen molar-refractivity contribution in [2.75, 3.05) is 25.0 Å². The minimum Gasteiger partial charge on any atom is -0.376 e. The molecule has 1 aromatic carbocycles. The highest BCUT2D eigenvalue weighted by atomic mass is 16.2. The van der Waals surface area contributed by atoms with Crippen LogP contribution in [-0.4, -0.2) is 31.4 Å². The summed E-state index contributed by atoms with van der Waals surface area (Å²) in [6, 6.07) is 8.74. The van der Waals surface area contributed by atoms with Crippen LogP contribution in [0.4, 0.5) is 5.69 Å². The molecule has 2 amide bonds. The quantitative estimate of drug-likeness (QED) is 0.643. The summed E-state index contributed by atoms with van der Waals surface area (Å²) < 4.78 is 0. The van der Waals surface area contributed by atoms with Crippen LogP contribution in [-0.2, 0) is 4.79 Å². The van der Waals surface area contributed by atoms with E-state index in [1.807, 2.05) is 13.0 Å².